The van der Waals surface area contributed by atoms with Gasteiger partial charge in [0.1, 0.15) is 23.7 Å². The summed E-state index contributed by atoms with van der Waals surface area (Å²) in [4.78, 5) is 48.4. The largest absolute Gasteiger partial charge is 0.448 e. The molecule has 0 bridgehead atoms. The number of hydrogen-bond donors (Lipinski definition) is 2. The molecule has 1 aliphatic heterocycles. The van der Waals surface area contributed by atoms with E-state index in [2.05, 4.69) is 20.6 Å². The average molecular weight is 498 g/mol. The van der Waals surface area contributed by atoms with Crippen LogP contribution in [-0.4, -0.2) is 58.4 Å². The molecule has 0 spiro atoms. The highest BCUT2D eigenvalue weighted by atomic mass is 35.5. The molecule has 2 aliphatic rings. The van der Waals surface area contributed by atoms with Gasteiger partial charge in [0.25, 0.3) is 5.91 Å². The minimum absolute atomic E-state index is 0.00681. The fourth-order valence-corrected chi connectivity index (χ4v) is 4.75. The second-order valence-corrected chi connectivity index (χ2v) is 9.06. The summed E-state index contributed by atoms with van der Waals surface area (Å²) < 4.78 is 11.0. The van der Waals surface area contributed by atoms with Crippen LogP contribution in [0.25, 0.3) is 11.0 Å². The van der Waals surface area contributed by atoms with Crippen molar-refractivity contribution in [1.29, 1.82) is 0 Å². The molecule has 182 valence electrons. The monoisotopic (exact) mass is 497 g/mol. The predicted molar refractivity (Wildman–Crippen MR) is 128 cm³/mol. The first-order chi connectivity index (χ1) is 17.0. The number of carbonyl (C=O) groups excluding carboxylic acids is 3. The molecule has 0 unspecified atom stereocenters. The lowest BCUT2D eigenvalue weighted by atomic mass is 9.84. The number of pyridine rings is 2. The van der Waals surface area contributed by atoms with Crippen LogP contribution in [-0.2, 0) is 14.3 Å². The molecule has 11 heteroatoms. The van der Waals surface area contributed by atoms with Crippen LogP contribution in [0.3, 0.4) is 0 Å². The summed E-state index contributed by atoms with van der Waals surface area (Å²) in [6.45, 7) is 1.26. The smallest absolute Gasteiger partial charge is 0.294 e. The highest BCUT2D eigenvalue weighted by molar-refractivity contribution is 6.30. The number of halogens is 1. The molecule has 1 saturated carbocycles. The Morgan fingerprint density at radius 2 is 1.91 bits per heavy atom. The Labute approximate surface area is 206 Å². The molecule has 1 aliphatic carbocycles. The number of amides is 3. The maximum absolute atomic E-state index is 13.2. The molecular weight excluding hydrogens is 474 g/mol. The SMILES string of the molecule is O=C(Nc1ccc(Cl)cn1)c1oc2ccncc2c1NC(=O)C1CCC(N2CCOCC2=O)CC1. The summed E-state index contributed by atoms with van der Waals surface area (Å²) in [5.74, 6) is -0.718. The van der Waals surface area contributed by atoms with Gasteiger partial charge in [-0.15, -0.1) is 0 Å². The number of ether oxygens (including phenoxy) is 1. The third-order valence-electron chi connectivity index (χ3n) is 6.44. The van der Waals surface area contributed by atoms with Gasteiger partial charge in [0.05, 0.1) is 17.0 Å². The van der Waals surface area contributed by atoms with Gasteiger partial charge >= 0.3 is 0 Å². The minimum Gasteiger partial charge on any atom is -0.448 e. The number of nitrogens with one attached hydrogen (secondary N) is 2. The lowest BCUT2D eigenvalue weighted by Gasteiger charge is -2.38. The second-order valence-electron chi connectivity index (χ2n) is 8.63. The molecule has 5 rings (SSSR count). The van der Waals surface area contributed by atoms with E-state index < -0.39 is 5.91 Å². The van der Waals surface area contributed by atoms with Crippen molar-refractivity contribution >= 4 is 51.8 Å². The summed E-state index contributed by atoms with van der Waals surface area (Å²) in [6.07, 6.45) is 7.29. The Kier molecular flexibility index (Phi) is 6.65. The second kappa shape index (κ2) is 10.0. The van der Waals surface area contributed by atoms with Gasteiger partial charge < -0.3 is 24.7 Å². The quantitative estimate of drug-likeness (QED) is 0.552. The van der Waals surface area contributed by atoms with E-state index in [1.165, 1.54) is 6.20 Å². The Morgan fingerprint density at radius 1 is 1.09 bits per heavy atom. The fraction of sp³-hybridized carbons (Fsp3) is 0.375. The van der Waals surface area contributed by atoms with Crippen molar-refractivity contribution in [3.05, 3.63) is 47.6 Å². The van der Waals surface area contributed by atoms with Gasteiger partial charge in [-0.25, -0.2) is 4.98 Å². The highest BCUT2D eigenvalue weighted by Crippen LogP contribution is 2.34. The summed E-state index contributed by atoms with van der Waals surface area (Å²) in [5.41, 5.74) is 0.703. The van der Waals surface area contributed by atoms with Crippen molar-refractivity contribution < 1.29 is 23.5 Å². The molecule has 3 amide bonds. The zero-order chi connectivity index (χ0) is 24.4. The molecule has 0 atom stereocenters. The van der Waals surface area contributed by atoms with E-state index in [-0.39, 0.29) is 41.8 Å². The number of rotatable bonds is 5. The third kappa shape index (κ3) is 4.98. The average Bonchev–Trinajstić information content (AvgIpc) is 3.24. The van der Waals surface area contributed by atoms with E-state index in [0.29, 0.717) is 47.8 Å². The van der Waals surface area contributed by atoms with Crippen LogP contribution in [0.1, 0.15) is 36.2 Å². The molecule has 3 aromatic rings. The predicted octanol–water partition coefficient (Wildman–Crippen LogP) is 3.48. The topological polar surface area (TPSA) is 127 Å². The molecule has 0 radical (unpaired) electrons. The Balaban J connectivity index is 1.30. The zero-order valence-electron chi connectivity index (χ0n) is 18.8. The maximum Gasteiger partial charge on any atom is 0.294 e. The van der Waals surface area contributed by atoms with Crippen molar-refractivity contribution in [3.63, 3.8) is 0 Å². The summed E-state index contributed by atoms with van der Waals surface area (Å²) in [7, 11) is 0. The summed E-state index contributed by atoms with van der Waals surface area (Å²) in [5, 5.41) is 6.54. The van der Waals surface area contributed by atoms with Crippen LogP contribution in [0.15, 0.2) is 41.2 Å². The van der Waals surface area contributed by atoms with Crippen molar-refractivity contribution in [2.75, 3.05) is 30.4 Å². The van der Waals surface area contributed by atoms with E-state index in [1.807, 2.05) is 4.90 Å². The Morgan fingerprint density at radius 3 is 2.66 bits per heavy atom. The number of furan rings is 1. The lowest BCUT2D eigenvalue weighted by molar-refractivity contribution is -0.146. The van der Waals surface area contributed by atoms with Crippen molar-refractivity contribution in [2.24, 2.45) is 5.92 Å². The first kappa shape index (κ1) is 23.3. The van der Waals surface area contributed by atoms with Crippen LogP contribution >= 0.6 is 11.6 Å². The number of hydrogen-bond acceptors (Lipinski definition) is 7. The molecule has 4 heterocycles. The number of fused-ring (bicyclic) bond motifs is 1. The molecule has 2 N–H and O–H groups in total. The highest BCUT2D eigenvalue weighted by Gasteiger charge is 2.34. The third-order valence-corrected chi connectivity index (χ3v) is 6.67. The van der Waals surface area contributed by atoms with Crippen LogP contribution in [0, 0.1) is 5.92 Å². The normalized spacial score (nSPS) is 20.6. The maximum atomic E-state index is 13.2. The standard InChI is InChI=1S/C24H24ClN5O5/c25-15-3-6-19(27-11-15)28-24(33)22-21(17-12-26-8-7-18(17)35-22)29-23(32)14-1-4-16(5-2-14)30-9-10-34-13-20(30)31/h3,6-8,11-12,14,16H,1-2,4-5,9-10,13H2,(H,29,32)(H,27,28,33). The molecular formula is C24H24ClN5O5. The van der Waals surface area contributed by atoms with Crippen LogP contribution in [0.5, 0.6) is 0 Å². The van der Waals surface area contributed by atoms with Gasteiger partial charge in [0, 0.05) is 37.1 Å². The summed E-state index contributed by atoms with van der Waals surface area (Å²) in [6, 6.07) is 4.94. The van der Waals surface area contributed by atoms with Crippen LogP contribution in [0.4, 0.5) is 11.5 Å². The number of morpholine rings is 1. The summed E-state index contributed by atoms with van der Waals surface area (Å²) >= 11 is 5.86. The molecule has 10 nitrogen and oxygen atoms in total. The molecule has 1 saturated heterocycles. The van der Waals surface area contributed by atoms with Gasteiger partial charge in [0.2, 0.25) is 17.6 Å². The van der Waals surface area contributed by atoms with Crippen molar-refractivity contribution in [3.8, 4) is 0 Å². The van der Waals surface area contributed by atoms with Gasteiger partial charge in [0.15, 0.2) is 0 Å². The minimum atomic E-state index is -0.555. The number of aromatic nitrogens is 2. The first-order valence-electron chi connectivity index (χ1n) is 11.5. The number of carbonyl (C=O) groups is 3. The number of nitrogens with zero attached hydrogens (tertiary/aromatic N) is 3. The fourth-order valence-electron chi connectivity index (χ4n) is 4.64. The molecule has 2 fully saturated rings. The van der Waals surface area contributed by atoms with Gasteiger partial charge in [-0.1, -0.05) is 11.6 Å². The van der Waals surface area contributed by atoms with Crippen molar-refractivity contribution in [2.45, 2.75) is 31.7 Å². The van der Waals surface area contributed by atoms with E-state index in [9.17, 15) is 14.4 Å². The van der Waals surface area contributed by atoms with E-state index >= 15 is 0 Å². The zero-order valence-corrected chi connectivity index (χ0v) is 19.6. The van der Waals surface area contributed by atoms with Gasteiger partial charge in [-0.2, -0.15) is 0 Å². The van der Waals surface area contributed by atoms with Crippen LogP contribution in [0.2, 0.25) is 5.02 Å². The van der Waals surface area contributed by atoms with Gasteiger partial charge in [-0.05, 0) is 43.9 Å². The molecule has 0 aromatic carbocycles. The van der Waals surface area contributed by atoms with Crippen LogP contribution < -0.4 is 10.6 Å². The Hall–Kier alpha value is -3.50. The van der Waals surface area contributed by atoms with E-state index in [4.69, 9.17) is 20.8 Å². The molecule has 3 aromatic heterocycles. The number of anilines is 2. The lowest BCUT2D eigenvalue weighted by Crippen LogP contribution is -2.49. The Bertz CT molecular complexity index is 1250. The first-order valence-corrected chi connectivity index (χ1v) is 11.8. The van der Waals surface area contributed by atoms with Crippen molar-refractivity contribution in [1.82, 2.24) is 14.9 Å². The molecule has 35 heavy (non-hydrogen) atoms. The van der Waals surface area contributed by atoms with E-state index in [0.717, 1.165) is 12.8 Å². The van der Waals surface area contributed by atoms with Gasteiger partial charge in [-0.3, -0.25) is 19.4 Å². The van der Waals surface area contributed by atoms with E-state index in [1.54, 1.807) is 30.6 Å².